The van der Waals surface area contributed by atoms with E-state index in [-0.39, 0.29) is 11.9 Å². The van der Waals surface area contributed by atoms with Crippen LogP contribution in [-0.4, -0.2) is 35.3 Å². The van der Waals surface area contributed by atoms with Gasteiger partial charge in [-0.05, 0) is 13.3 Å². The number of hydrogen-bond acceptors (Lipinski definition) is 6. The van der Waals surface area contributed by atoms with E-state index in [4.69, 9.17) is 0 Å². The van der Waals surface area contributed by atoms with E-state index < -0.39 is 0 Å². The molecule has 21 heavy (non-hydrogen) atoms. The quantitative estimate of drug-likeness (QED) is 0.451. The van der Waals surface area contributed by atoms with Gasteiger partial charge in [0.15, 0.2) is 0 Å². The third kappa shape index (κ3) is 5.53. The van der Waals surface area contributed by atoms with Gasteiger partial charge in [0, 0.05) is 23.8 Å². The van der Waals surface area contributed by atoms with E-state index in [1.54, 1.807) is 11.8 Å². The molecule has 1 rings (SSSR count). The molecule has 0 amide bonds. The molecule has 5 nitrogen and oxygen atoms in total. The summed E-state index contributed by atoms with van der Waals surface area (Å²) in [6.45, 7) is 9.19. The van der Waals surface area contributed by atoms with Gasteiger partial charge in [0.05, 0.1) is 13.5 Å². The second-order valence-electron chi connectivity index (χ2n) is 5.12. The van der Waals surface area contributed by atoms with Crippen LogP contribution in [0, 0.1) is 6.92 Å². The van der Waals surface area contributed by atoms with Crippen molar-refractivity contribution < 1.29 is 9.53 Å². The van der Waals surface area contributed by atoms with Crippen LogP contribution >= 0.6 is 11.8 Å². The highest BCUT2D eigenvalue weighted by Gasteiger charge is 2.14. The van der Waals surface area contributed by atoms with Crippen LogP contribution in [0.4, 0.5) is 5.82 Å². The van der Waals surface area contributed by atoms with E-state index in [2.05, 4.69) is 40.8 Å². The first-order valence-corrected chi connectivity index (χ1v) is 8.30. The SMILES string of the molecule is CCCNc1nc(C(C)C)nc(SCCC(=O)OC)c1C. The van der Waals surface area contributed by atoms with Crippen LogP contribution in [0.25, 0.3) is 0 Å². The topological polar surface area (TPSA) is 64.1 Å². The summed E-state index contributed by atoms with van der Waals surface area (Å²) in [5.74, 6) is 2.47. The lowest BCUT2D eigenvalue weighted by Crippen LogP contribution is -2.10. The summed E-state index contributed by atoms with van der Waals surface area (Å²) in [5, 5.41) is 4.29. The number of rotatable bonds is 8. The molecule has 1 aromatic heterocycles. The maximum absolute atomic E-state index is 11.2. The Hall–Kier alpha value is -1.30. The Morgan fingerprint density at radius 1 is 1.38 bits per heavy atom. The molecule has 0 bridgehead atoms. The van der Waals surface area contributed by atoms with E-state index in [1.165, 1.54) is 7.11 Å². The Balaban J connectivity index is 2.89. The number of ether oxygens (including phenoxy) is 1. The highest BCUT2D eigenvalue weighted by Crippen LogP contribution is 2.27. The predicted molar refractivity (Wildman–Crippen MR) is 87.0 cm³/mol. The number of anilines is 1. The first kappa shape index (κ1) is 17.8. The van der Waals surface area contributed by atoms with Crippen molar-refractivity contribution in [2.24, 2.45) is 0 Å². The number of aromatic nitrogens is 2. The number of thioether (sulfide) groups is 1. The van der Waals surface area contributed by atoms with Crippen LogP contribution in [-0.2, 0) is 9.53 Å². The fraction of sp³-hybridized carbons (Fsp3) is 0.667. The standard InChI is InChI=1S/C15H25N3O2S/c1-6-8-16-14-11(4)15(18-13(17-14)10(2)3)21-9-7-12(19)20-5/h10H,6-9H2,1-5H3,(H,16,17,18). The Morgan fingerprint density at radius 2 is 2.10 bits per heavy atom. The van der Waals surface area contributed by atoms with E-state index in [9.17, 15) is 4.79 Å². The second-order valence-corrected chi connectivity index (χ2v) is 6.20. The van der Waals surface area contributed by atoms with Crippen LogP contribution in [0.3, 0.4) is 0 Å². The number of esters is 1. The molecule has 6 heteroatoms. The summed E-state index contributed by atoms with van der Waals surface area (Å²) in [4.78, 5) is 20.4. The lowest BCUT2D eigenvalue weighted by atomic mass is 10.2. The maximum atomic E-state index is 11.2. The summed E-state index contributed by atoms with van der Waals surface area (Å²) in [6, 6.07) is 0. The fourth-order valence-electron chi connectivity index (χ4n) is 1.66. The molecule has 0 saturated carbocycles. The molecule has 1 heterocycles. The van der Waals surface area contributed by atoms with Gasteiger partial charge in [-0.15, -0.1) is 11.8 Å². The summed E-state index contributed by atoms with van der Waals surface area (Å²) in [5.41, 5.74) is 1.04. The van der Waals surface area contributed by atoms with Crippen molar-refractivity contribution >= 4 is 23.5 Å². The van der Waals surface area contributed by atoms with Gasteiger partial charge in [-0.3, -0.25) is 4.79 Å². The molecule has 1 aromatic rings. The van der Waals surface area contributed by atoms with Crippen molar-refractivity contribution in [1.29, 1.82) is 0 Å². The van der Waals surface area contributed by atoms with Crippen LogP contribution in [0.1, 0.15) is 50.9 Å². The molecule has 0 aliphatic heterocycles. The minimum Gasteiger partial charge on any atom is -0.469 e. The molecular weight excluding hydrogens is 286 g/mol. The molecule has 0 aliphatic rings. The second kappa shape index (κ2) is 8.87. The number of nitrogens with zero attached hydrogens (tertiary/aromatic N) is 2. The molecule has 0 atom stereocenters. The number of nitrogens with one attached hydrogen (secondary N) is 1. The highest BCUT2D eigenvalue weighted by molar-refractivity contribution is 7.99. The summed E-state index contributed by atoms with van der Waals surface area (Å²) >= 11 is 1.58. The average molecular weight is 311 g/mol. The first-order valence-electron chi connectivity index (χ1n) is 7.31. The van der Waals surface area contributed by atoms with E-state index >= 15 is 0 Å². The van der Waals surface area contributed by atoms with Crippen LogP contribution in [0.15, 0.2) is 5.03 Å². The molecule has 0 saturated heterocycles. The number of carbonyl (C=O) groups excluding carboxylic acids is 1. The zero-order valence-electron chi connectivity index (χ0n) is 13.5. The average Bonchev–Trinajstić information content (AvgIpc) is 2.47. The van der Waals surface area contributed by atoms with E-state index in [0.29, 0.717) is 12.2 Å². The molecule has 118 valence electrons. The molecule has 1 N–H and O–H groups in total. The van der Waals surface area contributed by atoms with Crippen molar-refractivity contribution in [3.8, 4) is 0 Å². The highest BCUT2D eigenvalue weighted by atomic mass is 32.2. The monoisotopic (exact) mass is 311 g/mol. The van der Waals surface area contributed by atoms with Crippen LogP contribution < -0.4 is 5.32 Å². The number of methoxy groups -OCH3 is 1. The molecule has 0 aromatic carbocycles. The first-order chi connectivity index (χ1) is 9.99. The zero-order chi connectivity index (χ0) is 15.8. The molecule has 0 aliphatic carbocycles. The Morgan fingerprint density at radius 3 is 2.67 bits per heavy atom. The molecule has 0 spiro atoms. The lowest BCUT2D eigenvalue weighted by Gasteiger charge is -2.14. The van der Waals surface area contributed by atoms with Gasteiger partial charge in [-0.1, -0.05) is 20.8 Å². The van der Waals surface area contributed by atoms with Crippen molar-refractivity contribution in [1.82, 2.24) is 9.97 Å². The maximum Gasteiger partial charge on any atom is 0.306 e. The zero-order valence-corrected chi connectivity index (χ0v) is 14.3. The minimum absolute atomic E-state index is 0.192. The van der Waals surface area contributed by atoms with Gasteiger partial charge in [-0.2, -0.15) is 0 Å². The van der Waals surface area contributed by atoms with Crippen molar-refractivity contribution in [2.45, 2.75) is 51.5 Å². The summed E-state index contributed by atoms with van der Waals surface area (Å²) < 4.78 is 4.66. The molecular formula is C15H25N3O2S. The van der Waals surface area contributed by atoms with E-state index in [0.717, 1.165) is 35.2 Å². The summed E-state index contributed by atoms with van der Waals surface area (Å²) in [7, 11) is 1.41. The van der Waals surface area contributed by atoms with Gasteiger partial charge in [0.2, 0.25) is 0 Å². The number of carbonyl (C=O) groups is 1. The summed E-state index contributed by atoms with van der Waals surface area (Å²) in [6.07, 6.45) is 1.44. The van der Waals surface area contributed by atoms with Gasteiger partial charge in [-0.25, -0.2) is 9.97 Å². The Labute approximate surface area is 131 Å². The molecule has 0 radical (unpaired) electrons. The van der Waals surface area contributed by atoms with Gasteiger partial charge in [0.1, 0.15) is 16.7 Å². The largest absolute Gasteiger partial charge is 0.469 e. The predicted octanol–water partition coefficient (Wildman–Crippen LogP) is 3.39. The van der Waals surface area contributed by atoms with E-state index in [1.807, 2.05) is 6.92 Å². The fourth-order valence-corrected chi connectivity index (χ4v) is 2.59. The Bertz CT molecular complexity index is 478. The molecule has 0 fully saturated rings. The minimum atomic E-state index is -0.192. The van der Waals surface area contributed by atoms with Crippen LogP contribution in [0.5, 0.6) is 0 Å². The van der Waals surface area contributed by atoms with Crippen molar-refractivity contribution in [3.63, 3.8) is 0 Å². The third-order valence-electron chi connectivity index (χ3n) is 2.95. The van der Waals surface area contributed by atoms with Crippen molar-refractivity contribution in [3.05, 3.63) is 11.4 Å². The van der Waals surface area contributed by atoms with Crippen molar-refractivity contribution in [2.75, 3.05) is 24.7 Å². The Kier molecular flexibility index (Phi) is 7.50. The van der Waals surface area contributed by atoms with Crippen LogP contribution in [0.2, 0.25) is 0 Å². The normalized spacial score (nSPS) is 10.8. The van der Waals surface area contributed by atoms with Gasteiger partial charge < -0.3 is 10.1 Å². The smallest absolute Gasteiger partial charge is 0.306 e. The van der Waals surface area contributed by atoms with Gasteiger partial charge in [0.25, 0.3) is 0 Å². The number of hydrogen-bond donors (Lipinski definition) is 1. The molecule has 0 unspecified atom stereocenters. The lowest BCUT2D eigenvalue weighted by molar-refractivity contribution is -0.140. The van der Waals surface area contributed by atoms with Gasteiger partial charge >= 0.3 is 5.97 Å². The third-order valence-corrected chi connectivity index (χ3v) is 4.03.